The molecule has 0 amide bonds. The minimum Gasteiger partial charge on any atom is -0.454 e. The van der Waals surface area contributed by atoms with Gasteiger partial charge in [-0.1, -0.05) is 42.5 Å². The molecule has 0 radical (unpaired) electrons. The van der Waals surface area contributed by atoms with Crippen molar-refractivity contribution in [3.8, 4) is 0 Å². The normalized spacial score (nSPS) is 12.9. The van der Waals surface area contributed by atoms with Crippen molar-refractivity contribution in [2.75, 3.05) is 12.9 Å². The van der Waals surface area contributed by atoms with E-state index in [2.05, 4.69) is 23.6 Å². The highest BCUT2D eigenvalue weighted by Gasteiger charge is 2.22. The van der Waals surface area contributed by atoms with E-state index >= 15 is 0 Å². The highest BCUT2D eigenvalue weighted by atomic mass is 32.2. The summed E-state index contributed by atoms with van der Waals surface area (Å²) in [4.78, 5) is 25.6. The second-order valence-corrected chi connectivity index (χ2v) is 8.54. The van der Waals surface area contributed by atoms with Crippen LogP contribution in [0.15, 0.2) is 65.6 Å². The molecule has 30 heavy (non-hydrogen) atoms. The summed E-state index contributed by atoms with van der Waals surface area (Å²) in [5.41, 5.74) is 3.70. The molecule has 1 aromatic heterocycles. The largest absolute Gasteiger partial charge is 0.454 e. The van der Waals surface area contributed by atoms with Crippen LogP contribution in [0.1, 0.15) is 50.6 Å². The maximum atomic E-state index is 12.8. The molecule has 0 spiro atoms. The van der Waals surface area contributed by atoms with Gasteiger partial charge >= 0.3 is 5.97 Å². The monoisotopic (exact) mass is 423 g/mol. The predicted octanol–water partition coefficient (Wildman–Crippen LogP) is 4.49. The Bertz CT molecular complexity index is 1100. The van der Waals surface area contributed by atoms with Gasteiger partial charge in [-0.15, -0.1) is 0 Å². The summed E-state index contributed by atoms with van der Waals surface area (Å²) in [6.45, 7) is 5.58. The molecular formula is C24H25NO4S. The van der Waals surface area contributed by atoms with Gasteiger partial charge in [0.15, 0.2) is 6.61 Å². The molecule has 0 saturated heterocycles. The van der Waals surface area contributed by atoms with Crippen LogP contribution in [0.25, 0.3) is 0 Å². The average molecular weight is 424 g/mol. The fourth-order valence-electron chi connectivity index (χ4n) is 3.71. The zero-order chi connectivity index (χ0) is 21.8. The number of aryl methyl sites for hydroxylation is 1. The average Bonchev–Trinajstić information content (AvgIpc) is 3.05. The van der Waals surface area contributed by atoms with Gasteiger partial charge in [0.05, 0.1) is 27.3 Å². The lowest BCUT2D eigenvalue weighted by molar-refractivity contribution is 0.0471. The Kier molecular flexibility index (Phi) is 6.67. The van der Waals surface area contributed by atoms with E-state index in [9.17, 15) is 13.8 Å². The van der Waals surface area contributed by atoms with E-state index in [-0.39, 0.29) is 24.0 Å². The third-order valence-corrected chi connectivity index (χ3v) is 6.18. The maximum Gasteiger partial charge on any atom is 0.339 e. The Hall–Kier alpha value is -2.99. The van der Waals surface area contributed by atoms with E-state index in [1.807, 2.05) is 38.1 Å². The summed E-state index contributed by atoms with van der Waals surface area (Å²) >= 11 is 0. The lowest BCUT2D eigenvalue weighted by Crippen LogP contribution is -2.17. The molecule has 0 unspecified atom stereocenters. The molecule has 0 N–H and O–H groups in total. The fraction of sp³-hybridized carbons (Fsp3) is 0.250. The Balaban J connectivity index is 1.77. The zero-order valence-electron chi connectivity index (χ0n) is 17.5. The van der Waals surface area contributed by atoms with E-state index in [0.717, 1.165) is 17.0 Å². The van der Waals surface area contributed by atoms with Gasteiger partial charge < -0.3 is 9.30 Å². The number of carbonyl (C=O) groups excluding carboxylic acids is 2. The molecule has 0 bridgehead atoms. The standard InChI is InChI=1S/C24H25NO4S/c1-16-14-21(18(3)25(16)17(2)19-10-6-5-7-11-19)22(26)15-29-24(27)20-12-8-9-13-23(20)30(4)28/h5-14,17H,15H2,1-4H3/t17-,30-/m0/s1. The molecule has 0 fully saturated rings. The second-order valence-electron chi connectivity index (χ2n) is 7.19. The first-order valence-electron chi connectivity index (χ1n) is 9.67. The number of hydrogen-bond acceptors (Lipinski definition) is 4. The lowest BCUT2D eigenvalue weighted by Gasteiger charge is -2.19. The van der Waals surface area contributed by atoms with Gasteiger partial charge in [0, 0.05) is 23.2 Å². The summed E-state index contributed by atoms with van der Waals surface area (Å²) in [7, 11) is -1.33. The van der Waals surface area contributed by atoms with Gasteiger partial charge in [-0.3, -0.25) is 9.00 Å². The number of carbonyl (C=O) groups is 2. The Morgan fingerprint density at radius 2 is 1.63 bits per heavy atom. The minimum atomic E-state index is -1.33. The van der Waals surface area contributed by atoms with Gasteiger partial charge in [0.2, 0.25) is 5.78 Å². The molecule has 5 nitrogen and oxygen atoms in total. The van der Waals surface area contributed by atoms with Crippen molar-refractivity contribution < 1.29 is 18.5 Å². The molecule has 3 rings (SSSR count). The van der Waals surface area contributed by atoms with Gasteiger partial charge in [-0.2, -0.15) is 0 Å². The maximum absolute atomic E-state index is 12.8. The van der Waals surface area contributed by atoms with Gasteiger partial charge in [-0.25, -0.2) is 4.79 Å². The van der Waals surface area contributed by atoms with Gasteiger partial charge in [-0.05, 0) is 44.5 Å². The molecule has 0 aliphatic heterocycles. The molecule has 0 aliphatic carbocycles. The third kappa shape index (κ3) is 4.44. The van der Waals surface area contributed by atoms with Crippen LogP contribution in [-0.4, -0.2) is 33.4 Å². The predicted molar refractivity (Wildman–Crippen MR) is 118 cm³/mol. The minimum absolute atomic E-state index is 0.0710. The number of aromatic nitrogens is 1. The van der Waals surface area contributed by atoms with E-state index < -0.39 is 16.8 Å². The molecule has 0 saturated carbocycles. The topological polar surface area (TPSA) is 65.4 Å². The highest BCUT2D eigenvalue weighted by molar-refractivity contribution is 7.84. The van der Waals surface area contributed by atoms with E-state index in [1.165, 1.54) is 6.26 Å². The summed E-state index contributed by atoms with van der Waals surface area (Å²) in [5.74, 6) is -0.918. The molecule has 156 valence electrons. The number of ketones is 1. The van der Waals surface area contributed by atoms with Crippen LogP contribution >= 0.6 is 0 Å². The van der Waals surface area contributed by atoms with Crippen molar-refractivity contribution in [1.29, 1.82) is 0 Å². The van der Waals surface area contributed by atoms with Crippen LogP contribution in [0, 0.1) is 13.8 Å². The second kappa shape index (κ2) is 9.22. The van der Waals surface area contributed by atoms with E-state index in [1.54, 1.807) is 24.3 Å². The summed E-state index contributed by atoms with van der Waals surface area (Å²) in [6, 6.07) is 18.5. The Morgan fingerprint density at radius 3 is 2.30 bits per heavy atom. The highest BCUT2D eigenvalue weighted by Crippen LogP contribution is 2.26. The van der Waals surface area contributed by atoms with E-state index in [4.69, 9.17) is 4.74 Å². The zero-order valence-corrected chi connectivity index (χ0v) is 18.4. The van der Waals surface area contributed by atoms with Crippen LogP contribution in [0.5, 0.6) is 0 Å². The summed E-state index contributed by atoms with van der Waals surface area (Å²) in [6.07, 6.45) is 1.50. The van der Waals surface area contributed by atoms with Crippen molar-refractivity contribution in [2.45, 2.75) is 31.7 Å². The Morgan fingerprint density at radius 1 is 1.00 bits per heavy atom. The number of Topliss-reactive ketones (excluding diaryl/α,β-unsaturated/α-hetero) is 1. The van der Waals surface area contributed by atoms with E-state index in [0.29, 0.717) is 10.5 Å². The van der Waals surface area contributed by atoms with Crippen molar-refractivity contribution in [1.82, 2.24) is 4.57 Å². The summed E-state index contributed by atoms with van der Waals surface area (Å²) in [5, 5.41) is 0. The van der Waals surface area contributed by atoms with Crippen LogP contribution in [-0.2, 0) is 15.5 Å². The van der Waals surface area contributed by atoms with Crippen LogP contribution < -0.4 is 0 Å². The molecule has 2 atom stereocenters. The van der Waals surface area contributed by atoms with Gasteiger partial charge in [0.25, 0.3) is 0 Å². The Labute approximate surface area is 179 Å². The van der Waals surface area contributed by atoms with Crippen LogP contribution in [0.3, 0.4) is 0 Å². The molecular weight excluding hydrogens is 398 g/mol. The summed E-state index contributed by atoms with van der Waals surface area (Å²) < 4.78 is 19.2. The van der Waals surface area contributed by atoms with Crippen molar-refractivity contribution >= 4 is 22.6 Å². The first-order valence-corrected chi connectivity index (χ1v) is 11.2. The molecule has 1 heterocycles. The first-order chi connectivity index (χ1) is 14.3. The number of esters is 1. The SMILES string of the molecule is Cc1cc(C(=O)COC(=O)c2ccccc2[S@](C)=O)c(C)n1[C@@H](C)c1ccccc1. The van der Waals surface area contributed by atoms with Crippen LogP contribution in [0.4, 0.5) is 0 Å². The van der Waals surface area contributed by atoms with Crippen molar-refractivity contribution in [3.63, 3.8) is 0 Å². The number of ether oxygens (including phenoxy) is 1. The smallest absolute Gasteiger partial charge is 0.339 e. The van der Waals surface area contributed by atoms with Crippen LogP contribution in [0.2, 0.25) is 0 Å². The lowest BCUT2D eigenvalue weighted by atomic mass is 10.1. The molecule has 3 aromatic rings. The number of nitrogens with zero attached hydrogens (tertiary/aromatic N) is 1. The first kappa shape index (κ1) is 21.7. The third-order valence-electron chi connectivity index (χ3n) is 5.21. The molecule has 2 aromatic carbocycles. The molecule has 0 aliphatic rings. The molecule has 6 heteroatoms. The number of hydrogen-bond donors (Lipinski definition) is 0. The van der Waals surface area contributed by atoms with Gasteiger partial charge in [0.1, 0.15) is 0 Å². The number of benzene rings is 2. The fourth-order valence-corrected chi connectivity index (χ4v) is 4.44. The van der Waals surface area contributed by atoms with Crippen molar-refractivity contribution in [3.05, 3.63) is 88.7 Å². The van der Waals surface area contributed by atoms with Crippen molar-refractivity contribution in [2.24, 2.45) is 0 Å². The number of rotatable bonds is 7. The quantitative estimate of drug-likeness (QED) is 0.415.